The summed E-state index contributed by atoms with van der Waals surface area (Å²) in [4.78, 5) is 25.1. The lowest BCUT2D eigenvalue weighted by molar-refractivity contribution is -0.205. The molecule has 6 nitrogen and oxygen atoms in total. The molecular weight excluding hydrogens is 564 g/mol. The fourth-order valence-corrected chi connectivity index (χ4v) is 6.84. The molecule has 2 unspecified atom stereocenters. The largest absolute Gasteiger partial charge is 0.462 e. The molecule has 1 saturated heterocycles. The van der Waals surface area contributed by atoms with Gasteiger partial charge in [0.05, 0.1) is 0 Å². The van der Waals surface area contributed by atoms with Gasteiger partial charge in [0.15, 0.2) is 12.4 Å². The fraction of sp³-hybridized carbons (Fsp3) is 0.897. The Balaban J connectivity index is 1.60. The summed E-state index contributed by atoms with van der Waals surface area (Å²) in [7, 11) is 0. The van der Waals surface area contributed by atoms with Crippen molar-refractivity contribution in [1.29, 1.82) is 0 Å². The van der Waals surface area contributed by atoms with E-state index in [0.29, 0.717) is 19.4 Å². The average molecular weight is 635 g/mol. The number of ether oxygens (including phenoxy) is 4. The van der Waals surface area contributed by atoms with E-state index < -0.39 is 6.10 Å². The molecule has 6 heteroatoms. The molecule has 2 aliphatic rings. The molecule has 0 aromatic rings. The molecule has 45 heavy (non-hydrogen) atoms. The number of hydrogen-bond acceptors (Lipinski definition) is 6. The molecule has 0 aromatic heterocycles. The molecule has 0 N–H and O–H groups in total. The molecule has 1 aliphatic heterocycles. The standard InChI is InChI=1S/C39H70O6/c1-3-5-7-9-11-12-13-15-20-29-37(40)42-32-33-44-39(41)36(45-38-30-21-22-31-43-38)28-19-16-18-25-35-27-23-26-34(35)24-17-14-10-8-6-4-2/h17,24,34-36,38H,3-16,18-23,25-33H2,1-2H3/t34-,35-,36?,38?/m0/s1. The maximum atomic E-state index is 13.0. The molecule has 0 amide bonds. The van der Waals surface area contributed by atoms with E-state index in [1.165, 1.54) is 109 Å². The van der Waals surface area contributed by atoms with Crippen molar-refractivity contribution in [3.63, 3.8) is 0 Å². The molecular formula is C39H70O6. The van der Waals surface area contributed by atoms with Gasteiger partial charge in [-0.2, -0.15) is 0 Å². The molecule has 2 fully saturated rings. The topological polar surface area (TPSA) is 71.1 Å². The Hall–Kier alpha value is -1.40. The SMILES string of the molecule is CCCCCCC=C[C@H]1CCC[C@@H]1CCCCCC(OC1CCCCO1)C(=O)OCCOC(=O)CCCCCCCCCCC. The van der Waals surface area contributed by atoms with Gasteiger partial charge in [-0.15, -0.1) is 0 Å². The number of carbonyl (C=O) groups excluding carboxylic acids is 2. The van der Waals surface area contributed by atoms with Gasteiger partial charge in [0.2, 0.25) is 0 Å². The summed E-state index contributed by atoms with van der Waals surface area (Å²) in [5, 5.41) is 0. The van der Waals surface area contributed by atoms with Crippen LogP contribution in [0.3, 0.4) is 0 Å². The molecule has 0 aromatic carbocycles. The minimum absolute atomic E-state index is 0.0723. The summed E-state index contributed by atoms with van der Waals surface area (Å²) in [5.74, 6) is 1.00. The van der Waals surface area contributed by atoms with Crippen molar-refractivity contribution in [2.45, 2.75) is 193 Å². The lowest BCUT2D eigenvalue weighted by Gasteiger charge is -2.27. The predicted octanol–water partition coefficient (Wildman–Crippen LogP) is 10.8. The lowest BCUT2D eigenvalue weighted by atomic mass is 9.90. The molecule has 1 heterocycles. The highest BCUT2D eigenvalue weighted by atomic mass is 16.7. The van der Waals surface area contributed by atoms with Gasteiger partial charge in [0, 0.05) is 13.0 Å². The van der Waals surface area contributed by atoms with E-state index in [9.17, 15) is 9.59 Å². The van der Waals surface area contributed by atoms with Crippen LogP contribution in [0.5, 0.6) is 0 Å². The van der Waals surface area contributed by atoms with Crippen LogP contribution in [-0.4, -0.2) is 44.2 Å². The second kappa shape index (κ2) is 27.7. The number of rotatable bonds is 28. The maximum absolute atomic E-state index is 13.0. The molecule has 2 rings (SSSR count). The highest BCUT2D eigenvalue weighted by Crippen LogP contribution is 2.36. The third-order valence-corrected chi connectivity index (χ3v) is 9.66. The van der Waals surface area contributed by atoms with E-state index in [1.54, 1.807) is 0 Å². The van der Waals surface area contributed by atoms with Crippen LogP contribution in [0, 0.1) is 11.8 Å². The zero-order chi connectivity index (χ0) is 32.2. The van der Waals surface area contributed by atoms with E-state index in [-0.39, 0.29) is 31.4 Å². The van der Waals surface area contributed by atoms with E-state index in [4.69, 9.17) is 18.9 Å². The zero-order valence-electron chi connectivity index (χ0n) is 29.4. The number of hydrogen-bond donors (Lipinski definition) is 0. The number of unbranched alkanes of at least 4 members (excludes halogenated alkanes) is 14. The molecule has 0 bridgehead atoms. The summed E-state index contributed by atoms with van der Waals surface area (Å²) in [6.07, 6.45) is 34.0. The minimum atomic E-state index is -0.624. The van der Waals surface area contributed by atoms with E-state index >= 15 is 0 Å². The molecule has 0 radical (unpaired) electrons. The van der Waals surface area contributed by atoms with Crippen molar-refractivity contribution < 1.29 is 28.5 Å². The molecule has 1 saturated carbocycles. The first-order chi connectivity index (χ1) is 22.1. The number of esters is 2. The first-order valence-corrected chi connectivity index (χ1v) is 19.4. The van der Waals surface area contributed by atoms with Crippen molar-refractivity contribution in [2.75, 3.05) is 19.8 Å². The molecule has 0 spiro atoms. The van der Waals surface area contributed by atoms with Gasteiger partial charge in [0.1, 0.15) is 13.2 Å². The van der Waals surface area contributed by atoms with Crippen molar-refractivity contribution in [2.24, 2.45) is 11.8 Å². The first kappa shape index (κ1) is 39.8. The Morgan fingerprint density at radius 2 is 1.42 bits per heavy atom. The quantitative estimate of drug-likeness (QED) is 0.0484. The third-order valence-electron chi connectivity index (χ3n) is 9.66. The van der Waals surface area contributed by atoms with Crippen LogP contribution < -0.4 is 0 Å². The summed E-state index contributed by atoms with van der Waals surface area (Å²) < 4.78 is 22.7. The van der Waals surface area contributed by atoms with Crippen LogP contribution in [0.2, 0.25) is 0 Å². The van der Waals surface area contributed by atoms with Gasteiger partial charge in [-0.05, 0) is 76.0 Å². The monoisotopic (exact) mass is 635 g/mol. The fourth-order valence-electron chi connectivity index (χ4n) is 6.84. The van der Waals surface area contributed by atoms with E-state index in [0.717, 1.165) is 56.8 Å². The summed E-state index contributed by atoms with van der Waals surface area (Å²) >= 11 is 0. The van der Waals surface area contributed by atoms with E-state index in [2.05, 4.69) is 26.0 Å². The van der Waals surface area contributed by atoms with Gasteiger partial charge < -0.3 is 18.9 Å². The van der Waals surface area contributed by atoms with Crippen molar-refractivity contribution in [3.05, 3.63) is 12.2 Å². The van der Waals surface area contributed by atoms with Crippen LogP contribution in [0.1, 0.15) is 181 Å². The van der Waals surface area contributed by atoms with Crippen molar-refractivity contribution in [3.8, 4) is 0 Å². The Morgan fingerprint density at radius 3 is 2.16 bits per heavy atom. The second-order valence-corrected chi connectivity index (χ2v) is 13.7. The van der Waals surface area contributed by atoms with Crippen LogP contribution in [0.15, 0.2) is 12.2 Å². The molecule has 1 aliphatic carbocycles. The number of allylic oxidation sites excluding steroid dienone is 2. The maximum Gasteiger partial charge on any atom is 0.335 e. The summed E-state index contributed by atoms with van der Waals surface area (Å²) in [6, 6.07) is 0. The lowest BCUT2D eigenvalue weighted by Crippen LogP contribution is -2.34. The van der Waals surface area contributed by atoms with Gasteiger partial charge in [-0.1, -0.05) is 122 Å². The van der Waals surface area contributed by atoms with Gasteiger partial charge >= 0.3 is 11.9 Å². The smallest absolute Gasteiger partial charge is 0.335 e. The van der Waals surface area contributed by atoms with Gasteiger partial charge in [-0.3, -0.25) is 4.79 Å². The zero-order valence-corrected chi connectivity index (χ0v) is 29.4. The van der Waals surface area contributed by atoms with Gasteiger partial charge in [-0.25, -0.2) is 4.79 Å². The van der Waals surface area contributed by atoms with E-state index in [1.807, 2.05) is 0 Å². The van der Waals surface area contributed by atoms with Crippen LogP contribution >= 0.6 is 0 Å². The van der Waals surface area contributed by atoms with Crippen LogP contribution in [0.4, 0.5) is 0 Å². The Bertz CT molecular complexity index is 746. The first-order valence-electron chi connectivity index (χ1n) is 19.4. The summed E-state index contributed by atoms with van der Waals surface area (Å²) in [6.45, 7) is 5.36. The van der Waals surface area contributed by atoms with Gasteiger partial charge in [0.25, 0.3) is 0 Å². The van der Waals surface area contributed by atoms with Crippen LogP contribution in [0.25, 0.3) is 0 Å². The molecule has 262 valence electrons. The molecule has 4 atom stereocenters. The Labute approximate surface area is 277 Å². The second-order valence-electron chi connectivity index (χ2n) is 13.7. The van der Waals surface area contributed by atoms with Crippen molar-refractivity contribution in [1.82, 2.24) is 0 Å². The third kappa shape index (κ3) is 20.4. The highest BCUT2D eigenvalue weighted by molar-refractivity contribution is 5.74. The number of carbonyl (C=O) groups is 2. The highest BCUT2D eigenvalue weighted by Gasteiger charge is 2.27. The average Bonchev–Trinajstić information content (AvgIpc) is 3.50. The van der Waals surface area contributed by atoms with Crippen LogP contribution in [-0.2, 0) is 28.5 Å². The Kier molecular flexibility index (Phi) is 24.5. The predicted molar refractivity (Wildman–Crippen MR) is 184 cm³/mol. The normalized spacial score (nSPS) is 20.9. The van der Waals surface area contributed by atoms with Crippen molar-refractivity contribution >= 4 is 11.9 Å². The summed E-state index contributed by atoms with van der Waals surface area (Å²) in [5.41, 5.74) is 0. The Morgan fingerprint density at radius 1 is 0.733 bits per heavy atom. The minimum Gasteiger partial charge on any atom is -0.462 e.